The summed E-state index contributed by atoms with van der Waals surface area (Å²) < 4.78 is 16.0. The molecule has 0 aromatic carbocycles. The fourth-order valence-corrected chi connectivity index (χ4v) is 3.08. The van der Waals surface area contributed by atoms with E-state index in [0.717, 1.165) is 23.6 Å². The number of rotatable bonds is 6. The van der Waals surface area contributed by atoms with Gasteiger partial charge in [0.25, 0.3) is 0 Å². The number of hydrogen-bond acceptors (Lipinski definition) is 4. The van der Waals surface area contributed by atoms with E-state index >= 15 is 0 Å². The van der Waals surface area contributed by atoms with Gasteiger partial charge in [0.1, 0.15) is 5.82 Å². The molecule has 1 N–H and O–H groups in total. The molecule has 0 radical (unpaired) electrons. The molecule has 3 heterocycles. The zero-order chi connectivity index (χ0) is 14.7. The summed E-state index contributed by atoms with van der Waals surface area (Å²) in [5.41, 5.74) is 1.61. The Balaban J connectivity index is 1.85. The van der Waals surface area contributed by atoms with Gasteiger partial charge < -0.3 is 5.32 Å². The minimum atomic E-state index is -0.271. The van der Waals surface area contributed by atoms with Crippen LogP contribution in [0.25, 0.3) is 4.96 Å². The summed E-state index contributed by atoms with van der Waals surface area (Å²) in [6.45, 7) is 2.94. The second-order valence-electron chi connectivity index (χ2n) is 4.93. The van der Waals surface area contributed by atoms with Crippen LogP contribution in [0.2, 0.25) is 0 Å². The summed E-state index contributed by atoms with van der Waals surface area (Å²) in [4.78, 5) is 9.37. The zero-order valence-electron chi connectivity index (χ0n) is 11.8. The first-order valence-electron chi connectivity index (χ1n) is 7.01. The Kier molecular flexibility index (Phi) is 4.26. The van der Waals surface area contributed by atoms with Gasteiger partial charge in [-0.25, -0.2) is 9.37 Å². The number of thiazole rings is 1. The SMILES string of the molecule is CCCNC(Cc1cn2ccsc2n1)c1ccncc1F. The van der Waals surface area contributed by atoms with Gasteiger partial charge in [-0.15, -0.1) is 11.3 Å². The number of fused-ring (bicyclic) bond motifs is 1. The van der Waals surface area contributed by atoms with Crippen LogP contribution in [0.4, 0.5) is 4.39 Å². The van der Waals surface area contributed by atoms with E-state index < -0.39 is 0 Å². The lowest BCUT2D eigenvalue weighted by molar-refractivity contribution is 0.492. The van der Waals surface area contributed by atoms with Crippen LogP contribution in [0, 0.1) is 5.82 Å². The standard InChI is InChI=1S/C15H17FN4S/c1-2-4-18-14(12-3-5-17-9-13(12)16)8-11-10-20-6-7-21-15(20)19-11/h3,5-7,9-10,14,18H,2,4,8H2,1H3. The number of nitrogens with zero attached hydrogens (tertiary/aromatic N) is 3. The molecule has 3 rings (SSSR count). The van der Waals surface area contributed by atoms with Crippen molar-refractivity contribution in [1.82, 2.24) is 19.7 Å². The summed E-state index contributed by atoms with van der Waals surface area (Å²) in [6.07, 6.45) is 8.55. The summed E-state index contributed by atoms with van der Waals surface area (Å²) in [7, 11) is 0. The molecule has 0 spiro atoms. The lowest BCUT2D eigenvalue weighted by Gasteiger charge is -2.18. The topological polar surface area (TPSA) is 42.2 Å². The Bertz CT molecular complexity index is 693. The first kappa shape index (κ1) is 14.2. The molecule has 0 saturated carbocycles. The van der Waals surface area contributed by atoms with E-state index in [4.69, 9.17) is 0 Å². The highest BCUT2D eigenvalue weighted by molar-refractivity contribution is 7.15. The molecule has 3 aromatic heterocycles. The van der Waals surface area contributed by atoms with E-state index in [-0.39, 0.29) is 11.9 Å². The molecule has 0 bridgehead atoms. The van der Waals surface area contributed by atoms with E-state index in [0.29, 0.717) is 12.0 Å². The molecule has 0 fully saturated rings. The maximum atomic E-state index is 14.0. The summed E-state index contributed by atoms with van der Waals surface area (Å²) >= 11 is 1.60. The van der Waals surface area contributed by atoms with Crippen molar-refractivity contribution >= 4 is 16.3 Å². The van der Waals surface area contributed by atoms with Crippen LogP contribution in [0.1, 0.15) is 30.6 Å². The van der Waals surface area contributed by atoms with Crippen molar-refractivity contribution in [2.45, 2.75) is 25.8 Å². The Morgan fingerprint density at radius 3 is 3.14 bits per heavy atom. The maximum Gasteiger partial charge on any atom is 0.193 e. The largest absolute Gasteiger partial charge is 0.310 e. The van der Waals surface area contributed by atoms with Crippen LogP contribution in [-0.2, 0) is 6.42 Å². The molecule has 0 aliphatic rings. The third-order valence-corrected chi connectivity index (χ3v) is 4.15. The van der Waals surface area contributed by atoms with E-state index in [1.54, 1.807) is 23.6 Å². The molecule has 0 amide bonds. The predicted molar refractivity (Wildman–Crippen MR) is 82.0 cm³/mol. The Morgan fingerprint density at radius 2 is 2.38 bits per heavy atom. The Labute approximate surface area is 126 Å². The van der Waals surface area contributed by atoms with Crippen molar-refractivity contribution in [2.75, 3.05) is 6.54 Å². The molecule has 21 heavy (non-hydrogen) atoms. The number of hydrogen-bond donors (Lipinski definition) is 1. The van der Waals surface area contributed by atoms with Gasteiger partial charge in [-0.3, -0.25) is 9.38 Å². The molecule has 0 aliphatic heterocycles. The molecule has 1 atom stereocenters. The molecule has 4 nitrogen and oxygen atoms in total. The van der Waals surface area contributed by atoms with E-state index in [2.05, 4.69) is 22.2 Å². The third kappa shape index (κ3) is 3.11. The fourth-order valence-electron chi connectivity index (χ4n) is 2.36. The monoisotopic (exact) mass is 304 g/mol. The van der Waals surface area contributed by atoms with E-state index in [9.17, 15) is 4.39 Å². The normalized spacial score (nSPS) is 12.9. The lowest BCUT2D eigenvalue weighted by atomic mass is 10.0. The number of pyridine rings is 1. The average molecular weight is 304 g/mol. The molecule has 6 heteroatoms. The molecular weight excluding hydrogens is 287 g/mol. The van der Waals surface area contributed by atoms with Crippen LogP contribution in [0.3, 0.4) is 0 Å². The number of imidazole rings is 1. The maximum absolute atomic E-state index is 14.0. The number of halogens is 1. The van der Waals surface area contributed by atoms with Gasteiger partial charge in [-0.2, -0.15) is 0 Å². The highest BCUT2D eigenvalue weighted by Gasteiger charge is 2.17. The van der Waals surface area contributed by atoms with Gasteiger partial charge in [-0.1, -0.05) is 6.92 Å². The molecule has 0 aliphatic carbocycles. The fraction of sp³-hybridized carbons (Fsp3) is 0.333. The molecule has 1 unspecified atom stereocenters. The lowest BCUT2D eigenvalue weighted by Crippen LogP contribution is -2.25. The van der Waals surface area contributed by atoms with Crippen LogP contribution < -0.4 is 5.32 Å². The minimum absolute atomic E-state index is 0.0856. The van der Waals surface area contributed by atoms with Gasteiger partial charge in [0.05, 0.1) is 11.9 Å². The number of aromatic nitrogens is 3. The average Bonchev–Trinajstić information content (AvgIpc) is 3.05. The Morgan fingerprint density at radius 1 is 1.48 bits per heavy atom. The van der Waals surface area contributed by atoms with E-state index in [1.165, 1.54) is 6.20 Å². The second-order valence-corrected chi connectivity index (χ2v) is 5.81. The first-order chi connectivity index (χ1) is 10.3. The van der Waals surface area contributed by atoms with Crippen molar-refractivity contribution in [3.63, 3.8) is 0 Å². The van der Waals surface area contributed by atoms with Crippen LogP contribution in [-0.4, -0.2) is 20.9 Å². The third-order valence-electron chi connectivity index (χ3n) is 3.38. The molecule has 110 valence electrons. The van der Waals surface area contributed by atoms with Gasteiger partial charge in [0, 0.05) is 42.0 Å². The summed E-state index contributed by atoms with van der Waals surface area (Å²) in [5.74, 6) is -0.271. The van der Waals surface area contributed by atoms with Gasteiger partial charge >= 0.3 is 0 Å². The van der Waals surface area contributed by atoms with Gasteiger partial charge in [0.2, 0.25) is 0 Å². The van der Waals surface area contributed by atoms with Crippen LogP contribution >= 0.6 is 11.3 Å². The zero-order valence-corrected chi connectivity index (χ0v) is 12.6. The predicted octanol–water partition coefficient (Wildman–Crippen LogP) is 3.21. The van der Waals surface area contributed by atoms with Gasteiger partial charge in [-0.05, 0) is 19.0 Å². The first-order valence-corrected chi connectivity index (χ1v) is 7.89. The second kappa shape index (κ2) is 6.32. The van der Waals surface area contributed by atoms with Crippen molar-refractivity contribution in [2.24, 2.45) is 0 Å². The number of nitrogens with one attached hydrogen (secondary N) is 1. The van der Waals surface area contributed by atoms with Crippen molar-refractivity contribution in [3.8, 4) is 0 Å². The Hall–Kier alpha value is -1.79. The molecule has 0 saturated heterocycles. The van der Waals surface area contributed by atoms with Crippen molar-refractivity contribution < 1.29 is 4.39 Å². The van der Waals surface area contributed by atoms with Crippen molar-refractivity contribution in [3.05, 3.63) is 53.3 Å². The van der Waals surface area contributed by atoms with Gasteiger partial charge in [0.15, 0.2) is 4.96 Å². The van der Waals surface area contributed by atoms with E-state index in [1.807, 2.05) is 22.2 Å². The smallest absolute Gasteiger partial charge is 0.193 e. The van der Waals surface area contributed by atoms with Crippen LogP contribution in [0.5, 0.6) is 0 Å². The quantitative estimate of drug-likeness (QED) is 0.760. The highest BCUT2D eigenvalue weighted by atomic mass is 32.1. The highest BCUT2D eigenvalue weighted by Crippen LogP contribution is 2.21. The van der Waals surface area contributed by atoms with Crippen LogP contribution in [0.15, 0.2) is 36.2 Å². The van der Waals surface area contributed by atoms with Crippen molar-refractivity contribution in [1.29, 1.82) is 0 Å². The molecule has 3 aromatic rings. The summed E-state index contributed by atoms with van der Waals surface area (Å²) in [5, 5.41) is 5.40. The summed E-state index contributed by atoms with van der Waals surface area (Å²) in [6, 6.07) is 1.65. The minimum Gasteiger partial charge on any atom is -0.310 e. The molecular formula is C15H17FN4S.